The Labute approximate surface area is 110 Å². The largest absolute Gasteiger partial charge is 0.491 e. The Kier molecular flexibility index (Phi) is 4.97. The van der Waals surface area contributed by atoms with Crippen LogP contribution in [0.1, 0.15) is 24.2 Å². The summed E-state index contributed by atoms with van der Waals surface area (Å²) in [7, 11) is 1.27. The molecule has 1 N–H and O–H groups in total. The van der Waals surface area contributed by atoms with Gasteiger partial charge in [0.1, 0.15) is 10.6 Å². The zero-order chi connectivity index (χ0) is 13.7. The van der Waals surface area contributed by atoms with Crippen LogP contribution in [0.15, 0.2) is 12.1 Å². The SMILES string of the molecule is CCOc1c(C(=O)OC)ccc(NC(C)=O)c1Cl. The maximum absolute atomic E-state index is 11.5. The monoisotopic (exact) mass is 271 g/mol. The number of carbonyl (C=O) groups excluding carboxylic acids is 2. The van der Waals surface area contributed by atoms with Crippen LogP contribution in [-0.2, 0) is 9.53 Å². The smallest absolute Gasteiger partial charge is 0.341 e. The number of anilines is 1. The van der Waals surface area contributed by atoms with E-state index in [1.807, 2.05) is 0 Å². The second-order valence-electron chi connectivity index (χ2n) is 3.41. The number of hydrogen-bond donors (Lipinski definition) is 1. The van der Waals surface area contributed by atoms with E-state index >= 15 is 0 Å². The summed E-state index contributed by atoms with van der Waals surface area (Å²) in [6, 6.07) is 3.02. The van der Waals surface area contributed by atoms with Gasteiger partial charge in [-0.05, 0) is 19.1 Å². The van der Waals surface area contributed by atoms with Gasteiger partial charge >= 0.3 is 5.97 Å². The molecule has 0 saturated heterocycles. The molecular weight excluding hydrogens is 258 g/mol. The third kappa shape index (κ3) is 3.13. The minimum Gasteiger partial charge on any atom is -0.491 e. The Balaban J connectivity index is 3.27. The van der Waals surface area contributed by atoms with Gasteiger partial charge in [0, 0.05) is 6.92 Å². The number of hydrogen-bond acceptors (Lipinski definition) is 4. The number of benzene rings is 1. The Hall–Kier alpha value is -1.75. The van der Waals surface area contributed by atoms with Crippen molar-refractivity contribution < 1.29 is 19.1 Å². The first-order valence-corrected chi connectivity index (χ1v) is 5.70. The molecule has 1 rings (SSSR count). The fourth-order valence-corrected chi connectivity index (χ4v) is 1.66. The van der Waals surface area contributed by atoms with Crippen molar-refractivity contribution in [3.8, 4) is 5.75 Å². The molecule has 0 spiro atoms. The van der Waals surface area contributed by atoms with Crippen LogP contribution in [0.3, 0.4) is 0 Å². The fraction of sp³-hybridized carbons (Fsp3) is 0.333. The second kappa shape index (κ2) is 6.26. The zero-order valence-corrected chi connectivity index (χ0v) is 11.1. The summed E-state index contributed by atoms with van der Waals surface area (Å²) < 4.78 is 9.96. The molecule has 1 aromatic rings. The maximum Gasteiger partial charge on any atom is 0.341 e. The van der Waals surface area contributed by atoms with Crippen molar-refractivity contribution in [2.75, 3.05) is 19.0 Å². The highest BCUT2D eigenvalue weighted by Crippen LogP contribution is 2.36. The van der Waals surface area contributed by atoms with Gasteiger partial charge in [0.25, 0.3) is 0 Å². The number of methoxy groups -OCH3 is 1. The minimum absolute atomic E-state index is 0.176. The molecule has 0 bridgehead atoms. The van der Waals surface area contributed by atoms with E-state index in [0.29, 0.717) is 12.3 Å². The van der Waals surface area contributed by atoms with E-state index < -0.39 is 5.97 Å². The van der Waals surface area contributed by atoms with Crippen molar-refractivity contribution in [1.29, 1.82) is 0 Å². The van der Waals surface area contributed by atoms with Gasteiger partial charge in [0.2, 0.25) is 5.91 Å². The van der Waals surface area contributed by atoms with Crippen molar-refractivity contribution in [3.05, 3.63) is 22.7 Å². The van der Waals surface area contributed by atoms with E-state index in [-0.39, 0.29) is 22.2 Å². The molecule has 0 aliphatic heterocycles. The predicted molar refractivity (Wildman–Crippen MR) is 68.3 cm³/mol. The van der Waals surface area contributed by atoms with Gasteiger partial charge in [0.15, 0.2) is 5.75 Å². The summed E-state index contributed by atoms with van der Waals surface area (Å²) in [6.07, 6.45) is 0. The number of esters is 1. The van der Waals surface area contributed by atoms with Gasteiger partial charge in [-0.1, -0.05) is 11.6 Å². The Bertz CT molecular complexity index is 473. The number of nitrogens with one attached hydrogen (secondary N) is 1. The lowest BCUT2D eigenvalue weighted by Gasteiger charge is -2.13. The summed E-state index contributed by atoms with van der Waals surface area (Å²) in [5, 5.41) is 2.73. The number of amides is 1. The van der Waals surface area contributed by atoms with E-state index in [4.69, 9.17) is 16.3 Å². The van der Waals surface area contributed by atoms with E-state index in [1.54, 1.807) is 6.92 Å². The lowest BCUT2D eigenvalue weighted by atomic mass is 10.1. The fourth-order valence-electron chi connectivity index (χ4n) is 1.40. The molecule has 6 heteroatoms. The van der Waals surface area contributed by atoms with Gasteiger partial charge < -0.3 is 14.8 Å². The van der Waals surface area contributed by atoms with Gasteiger partial charge in [-0.3, -0.25) is 4.79 Å². The first-order valence-electron chi connectivity index (χ1n) is 5.32. The summed E-state index contributed by atoms with van der Waals surface area (Å²) in [5.41, 5.74) is 0.610. The normalized spacial score (nSPS) is 9.78. The summed E-state index contributed by atoms with van der Waals surface area (Å²) in [6.45, 7) is 3.47. The molecule has 0 heterocycles. The van der Waals surface area contributed by atoms with Gasteiger partial charge in [-0.15, -0.1) is 0 Å². The number of carbonyl (C=O) groups is 2. The average Bonchev–Trinajstić information content (AvgIpc) is 2.33. The van der Waals surface area contributed by atoms with Crippen molar-refractivity contribution in [1.82, 2.24) is 0 Å². The van der Waals surface area contributed by atoms with Crippen LogP contribution < -0.4 is 10.1 Å². The molecule has 1 aromatic carbocycles. The van der Waals surface area contributed by atoms with Crippen molar-refractivity contribution in [2.24, 2.45) is 0 Å². The minimum atomic E-state index is -0.547. The third-order valence-electron chi connectivity index (χ3n) is 2.10. The molecule has 0 atom stereocenters. The molecule has 98 valence electrons. The van der Waals surface area contributed by atoms with E-state index in [1.165, 1.54) is 26.2 Å². The summed E-state index contributed by atoms with van der Waals surface area (Å²) in [5.74, 6) is -0.600. The predicted octanol–water partition coefficient (Wildman–Crippen LogP) is 2.48. The van der Waals surface area contributed by atoms with Crippen LogP contribution in [0.4, 0.5) is 5.69 Å². The average molecular weight is 272 g/mol. The molecule has 0 fully saturated rings. The van der Waals surface area contributed by atoms with Crippen LogP contribution in [0, 0.1) is 0 Å². The van der Waals surface area contributed by atoms with Gasteiger partial charge in [-0.25, -0.2) is 4.79 Å². The quantitative estimate of drug-likeness (QED) is 0.855. The Morgan fingerprint density at radius 3 is 2.56 bits per heavy atom. The number of rotatable bonds is 4. The molecule has 0 unspecified atom stereocenters. The van der Waals surface area contributed by atoms with Crippen LogP contribution >= 0.6 is 11.6 Å². The topological polar surface area (TPSA) is 64.6 Å². The summed E-state index contributed by atoms with van der Waals surface area (Å²) >= 11 is 6.09. The highest BCUT2D eigenvalue weighted by atomic mass is 35.5. The Morgan fingerprint density at radius 1 is 1.39 bits per heavy atom. The molecule has 0 saturated carbocycles. The van der Waals surface area contributed by atoms with E-state index in [2.05, 4.69) is 10.1 Å². The van der Waals surface area contributed by atoms with Crippen molar-refractivity contribution in [2.45, 2.75) is 13.8 Å². The molecule has 0 aliphatic rings. The first-order chi connectivity index (χ1) is 8.51. The highest BCUT2D eigenvalue weighted by molar-refractivity contribution is 6.35. The van der Waals surface area contributed by atoms with Crippen molar-refractivity contribution in [3.63, 3.8) is 0 Å². The van der Waals surface area contributed by atoms with Gasteiger partial charge in [-0.2, -0.15) is 0 Å². The van der Waals surface area contributed by atoms with Crippen LogP contribution in [-0.4, -0.2) is 25.6 Å². The zero-order valence-electron chi connectivity index (χ0n) is 10.4. The van der Waals surface area contributed by atoms with Crippen LogP contribution in [0.5, 0.6) is 5.75 Å². The lowest BCUT2D eigenvalue weighted by molar-refractivity contribution is -0.114. The van der Waals surface area contributed by atoms with Crippen LogP contribution in [0.25, 0.3) is 0 Å². The molecule has 0 radical (unpaired) electrons. The van der Waals surface area contributed by atoms with E-state index in [9.17, 15) is 9.59 Å². The molecule has 0 aliphatic carbocycles. The van der Waals surface area contributed by atoms with Crippen LogP contribution in [0.2, 0.25) is 5.02 Å². The molecule has 18 heavy (non-hydrogen) atoms. The first kappa shape index (κ1) is 14.3. The lowest BCUT2D eigenvalue weighted by Crippen LogP contribution is -2.10. The molecule has 5 nitrogen and oxygen atoms in total. The summed E-state index contributed by atoms with van der Waals surface area (Å²) in [4.78, 5) is 22.6. The number of ether oxygens (including phenoxy) is 2. The highest BCUT2D eigenvalue weighted by Gasteiger charge is 2.19. The Morgan fingerprint density at radius 2 is 2.06 bits per heavy atom. The van der Waals surface area contributed by atoms with Crippen molar-refractivity contribution >= 4 is 29.2 Å². The maximum atomic E-state index is 11.5. The standard InChI is InChI=1S/C12H14ClNO4/c1-4-18-11-8(12(16)17-3)5-6-9(10(11)13)14-7(2)15/h5-6H,4H2,1-3H3,(H,14,15). The second-order valence-corrected chi connectivity index (χ2v) is 3.79. The van der Waals surface area contributed by atoms with E-state index in [0.717, 1.165) is 0 Å². The molecular formula is C12H14ClNO4. The number of halogens is 1. The van der Waals surface area contributed by atoms with Gasteiger partial charge in [0.05, 0.1) is 19.4 Å². The third-order valence-corrected chi connectivity index (χ3v) is 2.48. The molecule has 1 amide bonds. The molecule has 0 aromatic heterocycles.